The summed E-state index contributed by atoms with van der Waals surface area (Å²) in [6.45, 7) is 0.129. The minimum Gasteiger partial charge on any atom is -0.496 e. The van der Waals surface area contributed by atoms with Crippen LogP contribution >= 0.6 is 0 Å². The third-order valence-corrected chi connectivity index (χ3v) is 2.60. The number of aromatic nitrogens is 2. The Kier molecular flexibility index (Phi) is 4.30. The molecule has 0 fully saturated rings. The summed E-state index contributed by atoms with van der Waals surface area (Å²) in [6.07, 6.45) is 1.82. The maximum absolute atomic E-state index is 8.73. The largest absolute Gasteiger partial charge is 0.496 e. The van der Waals surface area contributed by atoms with Gasteiger partial charge in [-0.2, -0.15) is 4.98 Å². The molecule has 0 unspecified atom stereocenters. The normalized spacial score (nSPS) is 10.6. The number of para-hydroxylation sites is 1. The molecule has 18 heavy (non-hydrogen) atoms. The van der Waals surface area contributed by atoms with Gasteiger partial charge in [-0.1, -0.05) is 23.4 Å². The standard InChI is InChI=1S/C13H16N2O3/c1-17-11-6-3-2-5-10(11)9-12-14-13(18-15-12)7-4-8-16/h2-3,5-6,16H,4,7-9H2,1H3. The van der Waals surface area contributed by atoms with Crippen molar-refractivity contribution in [2.45, 2.75) is 19.3 Å². The number of aryl methyl sites for hydroxylation is 1. The number of hydrogen-bond donors (Lipinski definition) is 1. The molecule has 96 valence electrons. The van der Waals surface area contributed by atoms with Gasteiger partial charge < -0.3 is 14.4 Å². The van der Waals surface area contributed by atoms with Crippen LogP contribution in [0.1, 0.15) is 23.7 Å². The van der Waals surface area contributed by atoms with Crippen LogP contribution in [-0.2, 0) is 12.8 Å². The van der Waals surface area contributed by atoms with E-state index >= 15 is 0 Å². The molecule has 2 rings (SSSR count). The van der Waals surface area contributed by atoms with Gasteiger partial charge in [-0.3, -0.25) is 0 Å². The predicted octanol–water partition coefficient (Wildman–Crippen LogP) is 1.59. The van der Waals surface area contributed by atoms with Gasteiger partial charge in [0.2, 0.25) is 5.89 Å². The first-order valence-corrected chi connectivity index (χ1v) is 5.87. The molecule has 1 N–H and O–H groups in total. The Balaban J connectivity index is 2.06. The van der Waals surface area contributed by atoms with E-state index in [0.29, 0.717) is 31.0 Å². The number of benzene rings is 1. The monoisotopic (exact) mass is 248 g/mol. The van der Waals surface area contributed by atoms with E-state index in [1.54, 1.807) is 7.11 Å². The number of rotatable bonds is 6. The molecule has 0 aliphatic carbocycles. The molecule has 0 saturated heterocycles. The molecule has 2 aromatic rings. The minimum absolute atomic E-state index is 0.129. The van der Waals surface area contributed by atoms with Crippen LogP contribution in [0.3, 0.4) is 0 Å². The van der Waals surface area contributed by atoms with Gasteiger partial charge in [0, 0.05) is 25.0 Å². The van der Waals surface area contributed by atoms with Crippen LogP contribution in [0.15, 0.2) is 28.8 Å². The zero-order valence-corrected chi connectivity index (χ0v) is 10.3. The number of aliphatic hydroxyl groups excluding tert-OH is 1. The van der Waals surface area contributed by atoms with Crippen LogP contribution in [0, 0.1) is 0 Å². The molecule has 0 aliphatic heterocycles. The van der Waals surface area contributed by atoms with E-state index in [4.69, 9.17) is 14.4 Å². The van der Waals surface area contributed by atoms with Crippen LogP contribution in [0.2, 0.25) is 0 Å². The fourth-order valence-electron chi connectivity index (χ4n) is 1.71. The van der Waals surface area contributed by atoms with Crippen molar-refractivity contribution in [3.63, 3.8) is 0 Å². The Labute approximate surface area is 105 Å². The smallest absolute Gasteiger partial charge is 0.226 e. The third-order valence-electron chi connectivity index (χ3n) is 2.60. The SMILES string of the molecule is COc1ccccc1Cc1noc(CCCO)n1. The molecule has 0 aliphatic rings. The highest BCUT2D eigenvalue weighted by Crippen LogP contribution is 2.19. The first-order valence-electron chi connectivity index (χ1n) is 5.87. The first kappa shape index (κ1) is 12.6. The van der Waals surface area contributed by atoms with Crippen molar-refractivity contribution in [1.29, 1.82) is 0 Å². The summed E-state index contributed by atoms with van der Waals surface area (Å²) >= 11 is 0. The Morgan fingerprint density at radius 3 is 2.94 bits per heavy atom. The highest BCUT2D eigenvalue weighted by molar-refractivity contribution is 5.35. The second kappa shape index (κ2) is 6.16. The summed E-state index contributed by atoms with van der Waals surface area (Å²) in [5.41, 5.74) is 1.02. The average molecular weight is 248 g/mol. The maximum Gasteiger partial charge on any atom is 0.226 e. The molecule has 1 aromatic carbocycles. The fraction of sp³-hybridized carbons (Fsp3) is 0.385. The van der Waals surface area contributed by atoms with Crippen molar-refractivity contribution in [3.8, 4) is 5.75 Å². The lowest BCUT2D eigenvalue weighted by Gasteiger charge is -2.04. The van der Waals surface area contributed by atoms with E-state index in [1.165, 1.54) is 0 Å². The maximum atomic E-state index is 8.73. The fourth-order valence-corrected chi connectivity index (χ4v) is 1.71. The lowest BCUT2D eigenvalue weighted by Crippen LogP contribution is -1.96. The van der Waals surface area contributed by atoms with Gasteiger partial charge in [0.05, 0.1) is 7.11 Å². The molecule has 0 amide bonds. The van der Waals surface area contributed by atoms with E-state index < -0.39 is 0 Å². The van der Waals surface area contributed by atoms with Crippen molar-refractivity contribution in [2.24, 2.45) is 0 Å². The summed E-state index contributed by atoms with van der Waals surface area (Å²) in [5.74, 6) is 2.01. The molecule has 0 saturated carbocycles. The van der Waals surface area contributed by atoms with E-state index in [9.17, 15) is 0 Å². The first-order chi connectivity index (χ1) is 8.83. The van der Waals surface area contributed by atoms with Gasteiger partial charge in [-0.15, -0.1) is 0 Å². The molecular formula is C13H16N2O3. The average Bonchev–Trinajstić information content (AvgIpc) is 2.84. The minimum atomic E-state index is 0.129. The highest BCUT2D eigenvalue weighted by atomic mass is 16.5. The van der Waals surface area contributed by atoms with Crippen LogP contribution in [-0.4, -0.2) is 29.0 Å². The van der Waals surface area contributed by atoms with Crippen molar-refractivity contribution in [1.82, 2.24) is 10.1 Å². The lowest BCUT2D eigenvalue weighted by atomic mass is 10.1. The Bertz CT molecular complexity index is 496. The van der Waals surface area contributed by atoms with E-state index in [2.05, 4.69) is 10.1 Å². The van der Waals surface area contributed by atoms with Gasteiger partial charge in [-0.25, -0.2) is 0 Å². The number of hydrogen-bond acceptors (Lipinski definition) is 5. The molecule has 0 spiro atoms. The molecule has 1 aromatic heterocycles. The quantitative estimate of drug-likeness (QED) is 0.840. The zero-order chi connectivity index (χ0) is 12.8. The number of nitrogens with zero attached hydrogens (tertiary/aromatic N) is 2. The van der Waals surface area contributed by atoms with Crippen molar-refractivity contribution in [2.75, 3.05) is 13.7 Å². The molecule has 0 bridgehead atoms. The summed E-state index contributed by atoms with van der Waals surface area (Å²) in [5, 5.41) is 12.6. The molecule has 1 heterocycles. The highest BCUT2D eigenvalue weighted by Gasteiger charge is 2.09. The molecule has 0 radical (unpaired) electrons. The van der Waals surface area contributed by atoms with Gasteiger partial charge in [-0.05, 0) is 12.5 Å². The lowest BCUT2D eigenvalue weighted by molar-refractivity contribution is 0.278. The van der Waals surface area contributed by atoms with Crippen LogP contribution in [0.4, 0.5) is 0 Å². The molecule has 5 nitrogen and oxygen atoms in total. The third kappa shape index (κ3) is 3.07. The zero-order valence-electron chi connectivity index (χ0n) is 10.3. The summed E-state index contributed by atoms with van der Waals surface area (Å²) < 4.78 is 10.4. The number of aliphatic hydroxyl groups is 1. The summed E-state index contributed by atoms with van der Waals surface area (Å²) in [4.78, 5) is 4.27. The van der Waals surface area contributed by atoms with Crippen molar-refractivity contribution in [3.05, 3.63) is 41.5 Å². The Hall–Kier alpha value is -1.88. The van der Waals surface area contributed by atoms with Gasteiger partial charge in [0.25, 0.3) is 0 Å². The van der Waals surface area contributed by atoms with Crippen LogP contribution in [0.5, 0.6) is 5.75 Å². The topological polar surface area (TPSA) is 68.4 Å². The second-order valence-electron chi connectivity index (χ2n) is 3.92. The number of ether oxygens (including phenoxy) is 1. The molecule has 5 heteroatoms. The van der Waals surface area contributed by atoms with Crippen molar-refractivity contribution < 1.29 is 14.4 Å². The number of methoxy groups -OCH3 is 1. The van der Waals surface area contributed by atoms with Gasteiger partial charge >= 0.3 is 0 Å². The Morgan fingerprint density at radius 2 is 2.17 bits per heavy atom. The van der Waals surface area contributed by atoms with E-state index in [0.717, 1.165) is 11.3 Å². The second-order valence-corrected chi connectivity index (χ2v) is 3.92. The summed E-state index contributed by atoms with van der Waals surface area (Å²) in [7, 11) is 1.64. The van der Waals surface area contributed by atoms with Crippen LogP contribution in [0.25, 0.3) is 0 Å². The van der Waals surface area contributed by atoms with Crippen LogP contribution < -0.4 is 4.74 Å². The Morgan fingerprint density at radius 1 is 1.33 bits per heavy atom. The van der Waals surface area contributed by atoms with E-state index in [1.807, 2.05) is 24.3 Å². The van der Waals surface area contributed by atoms with Crippen molar-refractivity contribution >= 4 is 0 Å². The van der Waals surface area contributed by atoms with Gasteiger partial charge in [0.1, 0.15) is 5.75 Å². The van der Waals surface area contributed by atoms with E-state index in [-0.39, 0.29) is 6.61 Å². The predicted molar refractivity (Wildman–Crippen MR) is 65.5 cm³/mol. The molecule has 0 atom stereocenters. The van der Waals surface area contributed by atoms with Gasteiger partial charge in [0.15, 0.2) is 5.82 Å². The molecular weight excluding hydrogens is 232 g/mol. The summed E-state index contributed by atoms with van der Waals surface area (Å²) in [6, 6.07) is 7.75.